The molecule has 0 aliphatic carbocycles. The number of rotatable bonds is 5. The summed E-state index contributed by atoms with van der Waals surface area (Å²) in [5, 5.41) is 13.5. The smallest absolute Gasteiger partial charge is 0.231 e. The zero-order valence-corrected chi connectivity index (χ0v) is 11.7. The van der Waals surface area contributed by atoms with Crippen molar-refractivity contribution in [3.8, 4) is 0 Å². The normalized spacial score (nSPS) is 11.7. The molecule has 0 unspecified atom stereocenters. The molecule has 0 saturated heterocycles. The van der Waals surface area contributed by atoms with Gasteiger partial charge < -0.3 is 15.2 Å². The minimum atomic E-state index is -1.23. The number of carboxylic acids is 1. The van der Waals surface area contributed by atoms with E-state index in [1.54, 1.807) is 12.1 Å². The predicted molar refractivity (Wildman–Crippen MR) is 78.9 cm³/mol. The van der Waals surface area contributed by atoms with Gasteiger partial charge in [0, 0.05) is 5.69 Å². The number of carbonyl (C=O) groups is 2. The lowest BCUT2D eigenvalue weighted by Crippen LogP contribution is -2.22. The molecule has 21 heavy (non-hydrogen) atoms. The third-order valence-corrected chi connectivity index (χ3v) is 3.31. The van der Waals surface area contributed by atoms with Gasteiger partial charge in [-0.1, -0.05) is 49.4 Å². The first-order valence-electron chi connectivity index (χ1n) is 6.79. The first-order valence-corrected chi connectivity index (χ1v) is 6.79. The van der Waals surface area contributed by atoms with Crippen molar-refractivity contribution in [2.75, 3.05) is 5.32 Å². The SMILES string of the molecule is CC[C@@H](C(=O)Nc1ccc(C(=O)[O-])cc1)c1ccccc1. The van der Waals surface area contributed by atoms with E-state index in [1.807, 2.05) is 37.3 Å². The summed E-state index contributed by atoms with van der Waals surface area (Å²) in [6.07, 6.45) is 0.687. The minimum absolute atomic E-state index is 0.0862. The van der Waals surface area contributed by atoms with Crippen LogP contribution in [0.2, 0.25) is 0 Å². The fraction of sp³-hybridized carbons (Fsp3) is 0.176. The molecule has 0 aliphatic rings. The Balaban J connectivity index is 2.11. The van der Waals surface area contributed by atoms with Gasteiger partial charge in [0.2, 0.25) is 5.91 Å². The second-order valence-electron chi connectivity index (χ2n) is 4.73. The van der Waals surface area contributed by atoms with E-state index in [1.165, 1.54) is 12.1 Å². The summed E-state index contributed by atoms with van der Waals surface area (Å²) in [6.45, 7) is 1.95. The Kier molecular flexibility index (Phi) is 4.72. The topological polar surface area (TPSA) is 69.2 Å². The quantitative estimate of drug-likeness (QED) is 0.913. The second kappa shape index (κ2) is 6.70. The van der Waals surface area contributed by atoms with E-state index in [2.05, 4.69) is 5.32 Å². The Hall–Kier alpha value is -2.62. The third kappa shape index (κ3) is 3.69. The van der Waals surface area contributed by atoms with Gasteiger partial charge in [-0.15, -0.1) is 0 Å². The minimum Gasteiger partial charge on any atom is -0.545 e. The average Bonchev–Trinajstić information content (AvgIpc) is 2.49. The van der Waals surface area contributed by atoms with Crippen molar-refractivity contribution in [1.82, 2.24) is 0 Å². The van der Waals surface area contributed by atoms with E-state index in [0.717, 1.165) is 5.56 Å². The van der Waals surface area contributed by atoms with Crippen LogP contribution in [0.3, 0.4) is 0 Å². The van der Waals surface area contributed by atoms with Gasteiger partial charge in [-0.2, -0.15) is 0 Å². The van der Waals surface area contributed by atoms with Gasteiger partial charge in [-0.3, -0.25) is 4.79 Å². The predicted octanol–water partition coefficient (Wildman–Crippen LogP) is 2.18. The van der Waals surface area contributed by atoms with Crippen molar-refractivity contribution >= 4 is 17.6 Å². The Morgan fingerprint density at radius 3 is 2.19 bits per heavy atom. The molecule has 1 N–H and O–H groups in total. The molecule has 0 bridgehead atoms. The Morgan fingerprint density at radius 1 is 1.05 bits per heavy atom. The third-order valence-electron chi connectivity index (χ3n) is 3.31. The van der Waals surface area contributed by atoms with Crippen LogP contribution in [0.15, 0.2) is 54.6 Å². The van der Waals surface area contributed by atoms with Gasteiger partial charge in [-0.05, 0) is 29.7 Å². The van der Waals surface area contributed by atoms with Gasteiger partial charge in [0.15, 0.2) is 0 Å². The molecular formula is C17H16NO3-. The number of carbonyl (C=O) groups excluding carboxylic acids is 2. The van der Waals surface area contributed by atoms with E-state index in [9.17, 15) is 14.7 Å². The molecule has 108 valence electrons. The van der Waals surface area contributed by atoms with E-state index in [4.69, 9.17) is 0 Å². The maximum absolute atomic E-state index is 12.3. The molecule has 0 radical (unpaired) electrons. The lowest BCUT2D eigenvalue weighted by atomic mass is 9.95. The summed E-state index contributed by atoms with van der Waals surface area (Å²) in [5.74, 6) is -1.57. The number of anilines is 1. The van der Waals surface area contributed by atoms with Gasteiger partial charge in [-0.25, -0.2) is 0 Å². The van der Waals surface area contributed by atoms with Gasteiger partial charge in [0.05, 0.1) is 11.9 Å². The molecule has 0 fully saturated rings. The monoisotopic (exact) mass is 282 g/mol. The summed E-state index contributed by atoms with van der Waals surface area (Å²) >= 11 is 0. The number of carboxylic acid groups (broad SMARTS) is 1. The number of benzene rings is 2. The van der Waals surface area contributed by atoms with Crippen molar-refractivity contribution < 1.29 is 14.7 Å². The molecule has 0 spiro atoms. The standard InChI is InChI=1S/C17H17NO3/c1-2-15(12-6-4-3-5-7-12)16(19)18-14-10-8-13(9-11-14)17(20)21/h3-11,15H,2H2,1H3,(H,18,19)(H,20,21)/p-1/t15-/m1/s1. The number of hydrogen-bond donors (Lipinski definition) is 1. The molecule has 0 saturated carbocycles. The summed E-state index contributed by atoms with van der Waals surface area (Å²) in [4.78, 5) is 23.0. The maximum Gasteiger partial charge on any atom is 0.231 e. The van der Waals surface area contributed by atoms with Crippen molar-refractivity contribution in [2.45, 2.75) is 19.3 Å². The van der Waals surface area contributed by atoms with Crippen LogP contribution < -0.4 is 10.4 Å². The zero-order chi connectivity index (χ0) is 15.2. The van der Waals surface area contributed by atoms with Crippen LogP contribution in [-0.2, 0) is 4.79 Å². The van der Waals surface area contributed by atoms with Crippen molar-refractivity contribution in [3.63, 3.8) is 0 Å². The van der Waals surface area contributed by atoms with Gasteiger partial charge in [0.1, 0.15) is 0 Å². The summed E-state index contributed by atoms with van der Waals surface area (Å²) in [5.41, 5.74) is 1.62. The summed E-state index contributed by atoms with van der Waals surface area (Å²) in [7, 11) is 0. The van der Waals surface area contributed by atoms with Crippen LogP contribution in [0.4, 0.5) is 5.69 Å². The molecular weight excluding hydrogens is 266 g/mol. The highest BCUT2D eigenvalue weighted by Crippen LogP contribution is 2.21. The largest absolute Gasteiger partial charge is 0.545 e. The molecule has 0 heterocycles. The van der Waals surface area contributed by atoms with Crippen molar-refractivity contribution in [1.29, 1.82) is 0 Å². The zero-order valence-electron chi connectivity index (χ0n) is 11.7. The Bertz CT molecular complexity index is 620. The fourth-order valence-corrected chi connectivity index (χ4v) is 2.18. The molecule has 4 nitrogen and oxygen atoms in total. The first-order chi connectivity index (χ1) is 10.1. The molecule has 1 amide bonds. The summed E-state index contributed by atoms with van der Waals surface area (Å²) < 4.78 is 0. The molecule has 4 heteroatoms. The lowest BCUT2D eigenvalue weighted by Gasteiger charge is -2.15. The maximum atomic E-state index is 12.3. The number of amides is 1. The molecule has 0 aromatic heterocycles. The van der Waals surface area contributed by atoms with E-state index >= 15 is 0 Å². The van der Waals surface area contributed by atoms with Crippen LogP contribution in [0, 0.1) is 0 Å². The van der Waals surface area contributed by atoms with Crippen LogP contribution >= 0.6 is 0 Å². The fourth-order valence-electron chi connectivity index (χ4n) is 2.18. The highest BCUT2D eigenvalue weighted by Gasteiger charge is 2.18. The molecule has 2 aromatic carbocycles. The Morgan fingerprint density at radius 2 is 1.67 bits per heavy atom. The lowest BCUT2D eigenvalue weighted by molar-refractivity contribution is -0.255. The van der Waals surface area contributed by atoms with Crippen molar-refractivity contribution in [2.24, 2.45) is 0 Å². The van der Waals surface area contributed by atoms with Crippen LogP contribution in [0.25, 0.3) is 0 Å². The second-order valence-corrected chi connectivity index (χ2v) is 4.73. The summed E-state index contributed by atoms with van der Waals surface area (Å²) in [6, 6.07) is 15.5. The van der Waals surface area contributed by atoms with Crippen LogP contribution in [0.1, 0.15) is 35.2 Å². The first kappa shape index (κ1) is 14.8. The van der Waals surface area contributed by atoms with Gasteiger partial charge in [0.25, 0.3) is 0 Å². The van der Waals surface area contributed by atoms with Crippen LogP contribution in [0.5, 0.6) is 0 Å². The van der Waals surface area contributed by atoms with E-state index in [0.29, 0.717) is 12.1 Å². The van der Waals surface area contributed by atoms with Gasteiger partial charge >= 0.3 is 0 Å². The van der Waals surface area contributed by atoms with Crippen LogP contribution in [-0.4, -0.2) is 11.9 Å². The number of hydrogen-bond acceptors (Lipinski definition) is 3. The van der Waals surface area contributed by atoms with E-state index in [-0.39, 0.29) is 17.4 Å². The van der Waals surface area contributed by atoms with Crippen molar-refractivity contribution in [3.05, 3.63) is 65.7 Å². The van der Waals surface area contributed by atoms with E-state index < -0.39 is 5.97 Å². The number of nitrogens with one attached hydrogen (secondary N) is 1. The average molecular weight is 282 g/mol. The Labute approximate surface area is 123 Å². The highest BCUT2D eigenvalue weighted by molar-refractivity contribution is 5.96. The number of aromatic carboxylic acids is 1. The highest BCUT2D eigenvalue weighted by atomic mass is 16.4. The molecule has 2 rings (SSSR count). The molecule has 1 atom stereocenters. The molecule has 2 aromatic rings. The molecule has 0 aliphatic heterocycles.